The summed E-state index contributed by atoms with van der Waals surface area (Å²) in [5, 5.41) is 28.3. The summed E-state index contributed by atoms with van der Waals surface area (Å²) in [5.74, 6) is 1.46. The van der Waals surface area contributed by atoms with Crippen molar-refractivity contribution in [3.05, 3.63) is 42.1 Å². The number of anilines is 3. The van der Waals surface area contributed by atoms with Gasteiger partial charge in [-0.3, -0.25) is 0 Å². The van der Waals surface area contributed by atoms with Crippen LogP contribution < -0.4 is 15.0 Å². The average molecular weight is 597 g/mol. The molecule has 43 heavy (non-hydrogen) atoms. The monoisotopic (exact) mass is 596 g/mol. The number of rotatable bonds is 8. The summed E-state index contributed by atoms with van der Waals surface area (Å²) in [5.41, 5.74) is 0.350. The van der Waals surface area contributed by atoms with Gasteiger partial charge in [0.2, 0.25) is 0 Å². The number of carboxylic acid groups (broad SMARTS) is 1. The van der Waals surface area contributed by atoms with Gasteiger partial charge in [-0.2, -0.15) is 9.61 Å². The lowest BCUT2D eigenvalue weighted by Gasteiger charge is -2.47. The lowest BCUT2D eigenvalue weighted by atomic mass is 9.77. The Morgan fingerprint density at radius 2 is 1.81 bits per heavy atom. The van der Waals surface area contributed by atoms with E-state index >= 15 is 0 Å². The molecule has 1 fully saturated rings. The van der Waals surface area contributed by atoms with Crippen molar-refractivity contribution in [3.8, 4) is 5.75 Å². The van der Waals surface area contributed by atoms with E-state index in [1.165, 1.54) is 9.80 Å². The summed E-state index contributed by atoms with van der Waals surface area (Å²) in [6.07, 6.45) is 1.55. The summed E-state index contributed by atoms with van der Waals surface area (Å²) in [6, 6.07) is 8.20. The maximum Gasteiger partial charge on any atom is 0.420 e. The second-order valence-electron chi connectivity index (χ2n) is 12.8. The highest BCUT2D eigenvalue weighted by Gasteiger charge is 2.42. The van der Waals surface area contributed by atoms with Crippen LogP contribution in [0.3, 0.4) is 0 Å². The van der Waals surface area contributed by atoms with Crippen molar-refractivity contribution in [1.29, 1.82) is 0 Å². The van der Waals surface area contributed by atoms with E-state index in [0.29, 0.717) is 53.9 Å². The minimum absolute atomic E-state index is 0.145. The molecule has 1 unspecified atom stereocenters. The largest absolute Gasteiger partial charge is 0.494 e. The first-order valence-electron chi connectivity index (χ1n) is 14.7. The van der Waals surface area contributed by atoms with Crippen LogP contribution in [0.2, 0.25) is 0 Å². The fourth-order valence-electron chi connectivity index (χ4n) is 5.74. The summed E-state index contributed by atoms with van der Waals surface area (Å²) < 4.78 is 13.1. The van der Waals surface area contributed by atoms with Crippen LogP contribution in [0.5, 0.6) is 5.75 Å². The molecule has 0 bridgehead atoms. The molecule has 0 radical (unpaired) electrons. The molecule has 2 amide bonds. The van der Waals surface area contributed by atoms with Crippen LogP contribution in [0.4, 0.5) is 26.9 Å². The Bertz CT molecular complexity index is 1430. The Balaban J connectivity index is 1.92. The zero-order valence-corrected chi connectivity index (χ0v) is 26.1. The van der Waals surface area contributed by atoms with E-state index in [2.05, 4.69) is 10.4 Å². The van der Waals surface area contributed by atoms with Crippen molar-refractivity contribution in [2.24, 2.45) is 5.41 Å². The highest BCUT2D eigenvalue weighted by atomic mass is 16.6. The molecular formula is C31H44N6O6. The fourth-order valence-corrected chi connectivity index (χ4v) is 5.74. The molecular weight excluding hydrogens is 552 g/mol. The molecule has 1 aliphatic rings. The van der Waals surface area contributed by atoms with Gasteiger partial charge in [0, 0.05) is 37.2 Å². The number of aromatic nitrogens is 3. The van der Waals surface area contributed by atoms with E-state index in [1.807, 2.05) is 27.7 Å². The Hall–Kier alpha value is -4.06. The fraction of sp³-hybridized carbons (Fsp3) is 0.548. The van der Waals surface area contributed by atoms with Gasteiger partial charge in [0.1, 0.15) is 17.2 Å². The molecule has 3 aromatic rings. The molecule has 2 atom stereocenters. The number of aliphatic hydroxyl groups is 1. The molecule has 1 saturated heterocycles. The Morgan fingerprint density at radius 1 is 1.12 bits per heavy atom. The zero-order valence-electron chi connectivity index (χ0n) is 26.1. The highest BCUT2D eigenvalue weighted by molar-refractivity contribution is 5.97. The van der Waals surface area contributed by atoms with Crippen molar-refractivity contribution in [3.63, 3.8) is 0 Å². The highest BCUT2D eigenvalue weighted by Crippen LogP contribution is 2.38. The van der Waals surface area contributed by atoms with Gasteiger partial charge in [0.15, 0.2) is 11.5 Å². The molecule has 3 N–H and O–H groups in total. The molecule has 4 rings (SSSR count). The number of likely N-dealkylation sites (tertiary alicyclic amines) is 1. The third kappa shape index (κ3) is 7.12. The summed E-state index contributed by atoms with van der Waals surface area (Å²) in [7, 11) is 0. The Morgan fingerprint density at radius 3 is 2.40 bits per heavy atom. The molecule has 12 heteroatoms. The van der Waals surface area contributed by atoms with Gasteiger partial charge in [0.05, 0.1) is 24.5 Å². The van der Waals surface area contributed by atoms with Gasteiger partial charge in [-0.25, -0.2) is 19.5 Å². The van der Waals surface area contributed by atoms with E-state index in [4.69, 9.17) is 14.5 Å². The number of benzene rings is 1. The molecule has 3 heterocycles. The molecule has 0 spiro atoms. The summed E-state index contributed by atoms with van der Waals surface area (Å²) in [4.78, 5) is 34.0. The first-order chi connectivity index (χ1) is 20.2. The first-order valence-corrected chi connectivity index (χ1v) is 14.7. The van der Waals surface area contributed by atoms with Crippen molar-refractivity contribution in [2.45, 2.75) is 85.4 Å². The number of nitrogens with zero attached hydrogens (tertiary/aromatic N) is 5. The number of amides is 2. The Kier molecular flexibility index (Phi) is 9.38. The van der Waals surface area contributed by atoms with Gasteiger partial charge in [-0.15, -0.1) is 0 Å². The van der Waals surface area contributed by atoms with Crippen LogP contribution >= 0.6 is 0 Å². The topological polar surface area (TPSA) is 142 Å². The lowest BCUT2D eigenvalue weighted by Crippen LogP contribution is -2.58. The third-order valence-corrected chi connectivity index (χ3v) is 7.25. The molecule has 1 aliphatic heterocycles. The molecule has 2 aromatic heterocycles. The smallest absolute Gasteiger partial charge is 0.420 e. The molecule has 0 saturated carbocycles. The number of nitrogens with one attached hydrogen (secondary N) is 1. The number of fused-ring (bicyclic) bond motifs is 1. The van der Waals surface area contributed by atoms with Gasteiger partial charge in [0.25, 0.3) is 0 Å². The second kappa shape index (κ2) is 12.7. The van der Waals surface area contributed by atoms with Crippen LogP contribution in [0.1, 0.15) is 66.9 Å². The summed E-state index contributed by atoms with van der Waals surface area (Å²) in [6.45, 7) is 14.1. The maximum atomic E-state index is 14.0. The normalized spacial score (nSPS) is 17.5. The molecule has 234 valence electrons. The number of aliphatic hydroxyl groups excluding tert-OH is 1. The van der Waals surface area contributed by atoms with E-state index in [-0.39, 0.29) is 30.5 Å². The van der Waals surface area contributed by atoms with Crippen LogP contribution in [-0.4, -0.2) is 79.3 Å². The van der Waals surface area contributed by atoms with Crippen molar-refractivity contribution in [2.75, 3.05) is 30.0 Å². The quantitative estimate of drug-likeness (QED) is 0.298. The van der Waals surface area contributed by atoms with Crippen LogP contribution in [0, 0.1) is 5.41 Å². The van der Waals surface area contributed by atoms with E-state index in [1.54, 1.807) is 61.8 Å². The molecule has 0 aliphatic carbocycles. The number of carbonyl (C=O) groups is 2. The molecule has 12 nitrogen and oxygen atoms in total. The maximum absolute atomic E-state index is 14.0. The number of carbonyl (C=O) groups excluding carboxylic acids is 1. The SMILES string of the molecule is CCOc1ccc(N(C(=O)OC(C)(C)C)c2c(CCO)c(NC3CCCN(C(=O)O)[C@H]3C(C)(C)C)nc3ccnn23)cc1. The van der Waals surface area contributed by atoms with Crippen molar-refractivity contribution in [1.82, 2.24) is 19.5 Å². The van der Waals surface area contributed by atoms with E-state index < -0.39 is 17.8 Å². The minimum atomic E-state index is -0.964. The molecule has 1 aromatic carbocycles. The van der Waals surface area contributed by atoms with Gasteiger partial charge in [-0.05, 0) is 70.2 Å². The van der Waals surface area contributed by atoms with Gasteiger partial charge < -0.3 is 29.9 Å². The predicted octanol–water partition coefficient (Wildman–Crippen LogP) is 5.71. The minimum Gasteiger partial charge on any atom is -0.494 e. The zero-order chi connectivity index (χ0) is 31.5. The van der Waals surface area contributed by atoms with Crippen LogP contribution in [-0.2, 0) is 11.2 Å². The van der Waals surface area contributed by atoms with E-state index in [9.17, 15) is 19.8 Å². The first kappa shape index (κ1) is 31.9. The van der Waals surface area contributed by atoms with Crippen LogP contribution in [0.25, 0.3) is 5.65 Å². The van der Waals surface area contributed by atoms with E-state index in [0.717, 1.165) is 6.42 Å². The number of hydrogen-bond acceptors (Lipinski definition) is 8. The lowest BCUT2D eigenvalue weighted by molar-refractivity contribution is 0.0518. The Labute approximate surface area is 252 Å². The van der Waals surface area contributed by atoms with Crippen molar-refractivity contribution >= 4 is 35.2 Å². The number of piperidine rings is 1. The summed E-state index contributed by atoms with van der Waals surface area (Å²) >= 11 is 0. The van der Waals surface area contributed by atoms with Crippen molar-refractivity contribution < 1.29 is 29.3 Å². The standard InChI is InChI=1S/C31H44N6O6/c1-8-42-21-13-11-20(12-14-21)36(29(41)43-31(5,6)7)27-22(16-19-38)26(34-24-15-17-32-37(24)27)33-23-10-9-18-35(28(39)40)25(23)30(2,3)4/h11-15,17,23,25,38H,8-10,16,18-19H2,1-7H3,(H,33,34)(H,39,40)/t23?,25-/m1/s1. The third-order valence-electron chi connectivity index (χ3n) is 7.25. The van der Waals surface area contributed by atoms with Crippen LogP contribution in [0.15, 0.2) is 36.5 Å². The average Bonchev–Trinajstić information content (AvgIpc) is 3.38. The number of ether oxygens (including phenoxy) is 2. The predicted molar refractivity (Wildman–Crippen MR) is 164 cm³/mol. The van der Waals surface area contributed by atoms with Gasteiger partial charge >= 0.3 is 12.2 Å². The second-order valence-corrected chi connectivity index (χ2v) is 12.8. The number of hydrogen-bond donors (Lipinski definition) is 3. The van der Waals surface area contributed by atoms with Gasteiger partial charge in [-0.1, -0.05) is 20.8 Å².